The van der Waals surface area contributed by atoms with E-state index in [0.29, 0.717) is 58.7 Å². The number of methoxy groups -OCH3 is 1. The molecule has 218 valence electrons. The number of rotatable bonds is 12. The van der Waals surface area contributed by atoms with Gasteiger partial charge in [-0.25, -0.2) is 4.98 Å². The normalized spacial score (nSPS) is 33.8. The second-order valence-corrected chi connectivity index (χ2v) is 13.2. The molecule has 0 spiro atoms. The van der Waals surface area contributed by atoms with Crippen molar-refractivity contribution < 1.29 is 14.6 Å². The van der Waals surface area contributed by atoms with Gasteiger partial charge < -0.3 is 19.5 Å². The number of nitrogens with zero attached hydrogens (tertiary/aromatic N) is 3. The molecule has 5 rings (SSSR count). The van der Waals surface area contributed by atoms with Crippen LogP contribution in [0.5, 0.6) is 5.88 Å². The Labute approximate surface area is 240 Å². The van der Waals surface area contributed by atoms with Gasteiger partial charge in [0.1, 0.15) is 18.0 Å². The summed E-state index contributed by atoms with van der Waals surface area (Å²) in [6.07, 6.45) is 8.17. The van der Waals surface area contributed by atoms with Crippen molar-refractivity contribution >= 4 is 11.6 Å². The molecule has 1 aliphatic heterocycles. The third-order valence-electron chi connectivity index (χ3n) is 10.4. The maximum absolute atomic E-state index is 11.0. The molecule has 9 unspecified atom stereocenters. The molecule has 0 radical (unpaired) electrons. The lowest BCUT2D eigenvalue weighted by Crippen LogP contribution is -2.54. The Balaban J connectivity index is 1.20. The summed E-state index contributed by atoms with van der Waals surface area (Å²) in [7, 11) is 5.86. The van der Waals surface area contributed by atoms with Gasteiger partial charge in [-0.1, -0.05) is 29.7 Å². The average molecular weight is 562 g/mol. The Morgan fingerprint density at radius 3 is 2.74 bits per heavy atom. The topological polar surface area (TPSA) is 73.7 Å². The number of halogens is 1. The minimum atomic E-state index is -0.776. The molecule has 4 bridgehead atoms. The largest absolute Gasteiger partial charge is 0.481 e. The van der Waals surface area contributed by atoms with Gasteiger partial charge in [0.05, 0.1) is 7.11 Å². The quantitative estimate of drug-likeness (QED) is 0.128. The van der Waals surface area contributed by atoms with E-state index in [-0.39, 0.29) is 0 Å². The van der Waals surface area contributed by atoms with Crippen LogP contribution in [-0.4, -0.2) is 89.3 Å². The van der Waals surface area contributed by atoms with E-state index in [1.165, 1.54) is 38.5 Å². The summed E-state index contributed by atoms with van der Waals surface area (Å²) in [6, 6.07) is 5.49. The third-order valence-corrected chi connectivity index (χ3v) is 10.6. The standard InChI is InChI=1S/C31H49ClN4O3/c1-18-19(2)27(39-14-8-7-13-35(4)5)12-10-22(18)20(3)36-25-11-9-23-26(36)17-24(30(23)25)33-31(37)21-15-28(32)34-29(16-21)38-6/h15-16,19-20,23-27,30-31,33,37H,7-14,17H2,1-6H3/p+1. The zero-order valence-electron chi connectivity index (χ0n) is 24.7. The predicted octanol–water partition coefficient (Wildman–Crippen LogP) is 4.55. The fourth-order valence-electron chi connectivity index (χ4n) is 8.48. The second kappa shape index (κ2) is 12.3. The van der Waals surface area contributed by atoms with E-state index < -0.39 is 6.23 Å². The van der Waals surface area contributed by atoms with E-state index in [2.05, 4.69) is 55.0 Å². The van der Waals surface area contributed by atoms with E-state index in [1.807, 2.05) is 0 Å². The number of likely N-dealkylation sites (tertiary alicyclic amines) is 1. The molecular formula is C31H50ClN4O3+. The van der Waals surface area contributed by atoms with Crippen LogP contribution in [0.15, 0.2) is 23.3 Å². The summed E-state index contributed by atoms with van der Waals surface area (Å²) >= 11 is 6.17. The van der Waals surface area contributed by atoms with Gasteiger partial charge in [-0.15, -0.1) is 0 Å². The van der Waals surface area contributed by atoms with Crippen LogP contribution in [0.4, 0.5) is 0 Å². The number of hydrogen-bond acceptors (Lipinski definition) is 6. The van der Waals surface area contributed by atoms with E-state index >= 15 is 0 Å². The van der Waals surface area contributed by atoms with Gasteiger partial charge in [0.25, 0.3) is 0 Å². The highest BCUT2D eigenvalue weighted by Crippen LogP contribution is 2.57. The first-order valence-electron chi connectivity index (χ1n) is 15.1. The van der Waals surface area contributed by atoms with Gasteiger partial charge in [0.15, 0.2) is 6.10 Å². The zero-order valence-corrected chi connectivity index (χ0v) is 25.5. The zero-order chi connectivity index (χ0) is 27.8. The Morgan fingerprint density at radius 2 is 2.03 bits per heavy atom. The van der Waals surface area contributed by atoms with Crippen LogP contribution in [0, 0.1) is 17.8 Å². The van der Waals surface area contributed by atoms with Crippen molar-refractivity contribution in [2.24, 2.45) is 17.8 Å². The Morgan fingerprint density at radius 1 is 1.23 bits per heavy atom. The summed E-state index contributed by atoms with van der Waals surface area (Å²) < 4.78 is 10.4. The van der Waals surface area contributed by atoms with E-state index in [9.17, 15) is 5.11 Å². The number of ether oxygens (including phenoxy) is 2. The molecular weight excluding hydrogens is 512 g/mol. The van der Waals surface area contributed by atoms with Crippen LogP contribution in [0.2, 0.25) is 5.15 Å². The van der Waals surface area contributed by atoms with E-state index in [1.54, 1.807) is 30.4 Å². The lowest BCUT2D eigenvalue weighted by molar-refractivity contribution is -0.129. The molecule has 0 amide bonds. The molecule has 3 N–H and O–H groups in total. The Hall–Kier alpha value is -1.22. The summed E-state index contributed by atoms with van der Waals surface area (Å²) in [4.78, 5) is 9.28. The highest BCUT2D eigenvalue weighted by Gasteiger charge is 2.62. The molecule has 2 heterocycles. The molecule has 9 atom stereocenters. The Kier molecular flexibility index (Phi) is 9.26. The maximum Gasteiger partial charge on any atom is 0.214 e. The maximum atomic E-state index is 11.0. The van der Waals surface area contributed by atoms with Gasteiger partial charge in [0, 0.05) is 54.6 Å². The van der Waals surface area contributed by atoms with Crippen LogP contribution in [0.1, 0.15) is 77.5 Å². The summed E-state index contributed by atoms with van der Waals surface area (Å²) in [5, 5.41) is 14.9. The lowest BCUT2D eigenvalue weighted by atomic mass is 9.79. The molecule has 7 nitrogen and oxygen atoms in total. The van der Waals surface area contributed by atoms with Crippen molar-refractivity contribution in [3.8, 4) is 5.88 Å². The number of unbranched alkanes of at least 4 members (excludes halogenated alkanes) is 1. The van der Waals surface area contributed by atoms with Crippen molar-refractivity contribution in [2.45, 2.75) is 102 Å². The van der Waals surface area contributed by atoms with Crippen LogP contribution in [0.25, 0.3) is 0 Å². The molecule has 3 aliphatic carbocycles. The van der Waals surface area contributed by atoms with Crippen molar-refractivity contribution in [1.29, 1.82) is 0 Å². The summed E-state index contributed by atoms with van der Waals surface area (Å²) in [6.45, 7) is 9.39. The number of nitrogens with one attached hydrogen (secondary N) is 1. The van der Waals surface area contributed by atoms with Crippen LogP contribution in [-0.2, 0) is 0 Å². The van der Waals surface area contributed by atoms with Crippen molar-refractivity contribution in [1.82, 2.24) is 20.1 Å². The van der Waals surface area contributed by atoms with E-state index in [0.717, 1.165) is 25.5 Å². The monoisotopic (exact) mass is 561 g/mol. The van der Waals surface area contributed by atoms with Gasteiger partial charge in [0.2, 0.25) is 5.88 Å². The number of pyridine rings is 1. The fourth-order valence-corrected chi connectivity index (χ4v) is 8.69. The van der Waals surface area contributed by atoms with Crippen molar-refractivity contribution in [3.05, 3.63) is 34.0 Å². The minimum absolute atomic E-state index is 0.319. The SMILES string of the molecule is COc1cc(C(O)NC2CC3C4CCC(C24)N3C(C)C2=C(C)C(C)C([OH+]CCCCN(C)C)CC2)cc(Cl)n1. The number of hydrogen-bond donors (Lipinski definition) is 2. The second-order valence-electron chi connectivity index (χ2n) is 12.8. The first-order valence-corrected chi connectivity index (χ1v) is 15.5. The fraction of sp³-hybridized carbons (Fsp3) is 0.774. The van der Waals surface area contributed by atoms with Crippen molar-refractivity contribution in [3.63, 3.8) is 0 Å². The summed E-state index contributed by atoms with van der Waals surface area (Å²) in [5.74, 6) is 2.29. The van der Waals surface area contributed by atoms with Crippen LogP contribution < -0.4 is 10.1 Å². The molecule has 39 heavy (non-hydrogen) atoms. The minimum Gasteiger partial charge on any atom is -0.481 e. The molecule has 2 saturated carbocycles. The highest BCUT2D eigenvalue weighted by atomic mass is 35.5. The number of piperidine rings is 2. The summed E-state index contributed by atoms with van der Waals surface area (Å²) in [5.41, 5.74) is 3.97. The lowest BCUT2D eigenvalue weighted by Gasteiger charge is -2.46. The number of aromatic nitrogens is 1. The predicted molar refractivity (Wildman–Crippen MR) is 157 cm³/mol. The van der Waals surface area contributed by atoms with Crippen molar-refractivity contribution in [2.75, 3.05) is 34.4 Å². The molecule has 4 aliphatic rings. The molecule has 0 aromatic carbocycles. The van der Waals surface area contributed by atoms with Gasteiger partial charge in [-0.05, 0) is 84.5 Å². The average Bonchev–Trinajstić information content (AvgIpc) is 3.57. The van der Waals surface area contributed by atoms with Crippen LogP contribution in [0.3, 0.4) is 0 Å². The Bertz CT molecular complexity index is 1030. The molecule has 8 heteroatoms. The van der Waals surface area contributed by atoms with E-state index in [4.69, 9.17) is 21.1 Å². The molecule has 1 aromatic rings. The first kappa shape index (κ1) is 29.3. The first-order chi connectivity index (χ1) is 18.7. The van der Waals surface area contributed by atoms with Gasteiger partial charge in [-0.2, -0.15) is 0 Å². The smallest absolute Gasteiger partial charge is 0.214 e. The van der Waals surface area contributed by atoms with Gasteiger partial charge >= 0.3 is 0 Å². The highest BCUT2D eigenvalue weighted by molar-refractivity contribution is 6.29. The number of aliphatic hydroxyl groups excluding tert-OH is 1. The van der Waals surface area contributed by atoms with Gasteiger partial charge in [-0.3, -0.25) is 10.2 Å². The van der Waals surface area contributed by atoms with Crippen LogP contribution >= 0.6 is 11.6 Å². The third kappa shape index (κ3) is 5.91. The number of aliphatic hydroxyl groups is 3. The molecule has 1 aromatic heterocycles. The molecule has 1 saturated heterocycles. The molecule has 3 fully saturated rings.